The molecular formula is C10H13N7O2. The molecule has 0 atom stereocenters. The van der Waals surface area contributed by atoms with Crippen molar-refractivity contribution in [3.63, 3.8) is 0 Å². The molecule has 0 fully saturated rings. The first kappa shape index (κ1) is 12.9. The quantitative estimate of drug-likeness (QED) is 0.632. The molecule has 2 aromatic rings. The number of rotatable bonds is 5. The van der Waals surface area contributed by atoms with Gasteiger partial charge in [0.25, 0.3) is 0 Å². The molecule has 0 amide bonds. The normalized spacial score (nSPS) is 10.4. The number of hydrogen-bond donors (Lipinski definition) is 1. The molecule has 0 aliphatic heterocycles. The molecule has 2 rings (SSSR count). The standard InChI is InChI=1S/C10H13N7O2/c1-3-4-11-10-12-5-8(17(18)19)9(14-10)7-6-13-15-16(7)2/h5-6H,3-4H2,1-2H3,(H,11,12,14). The summed E-state index contributed by atoms with van der Waals surface area (Å²) >= 11 is 0. The van der Waals surface area contributed by atoms with E-state index in [1.807, 2.05) is 6.92 Å². The first-order valence-corrected chi connectivity index (χ1v) is 5.73. The van der Waals surface area contributed by atoms with Gasteiger partial charge in [0.2, 0.25) is 5.95 Å². The lowest BCUT2D eigenvalue weighted by molar-refractivity contribution is -0.384. The number of aromatic nitrogens is 5. The highest BCUT2D eigenvalue weighted by Crippen LogP contribution is 2.26. The van der Waals surface area contributed by atoms with Crippen LogP contribution in [0.4, 0.5) is 11.6 Å². The number of anilines is 1. The van der Waals surface area contributed by atoms with E-state index in [1.54, 1.807) is 7.05 Å². The fourth-order valence-corrected chi connectivity index (χ4v) is 1.52. The van der Waals surface area contributed by atoms with Gasteiger partial charge in [-0.2, -0.15) is 0 Å². The first-order chi connectivity index (χ1) is 9.13. The summed E-state index contributed by atoms with van der Waals surface area (Å²) < 4.78 is 1.43. The van der Waals surface area contributed by atoms with Crippen molar-refractivity contribution in [2.75, 3.05) is 11.9 Å². The minimum atomic E-state index is -0.522. The van der Waals surface area contributed by atoms with E-state index in [0.717, 1.165) is 6.42 Å². The number of nitrogens with zero attached hydrogens (tertiary/aromatic N) is 6. The largest absolute Gasteiger partial charge is 0.354 e. The molecular weight excluding hydrogens is 250 g/mol. The molecule has 9 nitrogen and oxygen atoms in total. The van der Waals surface area contributed by atoms with Gasteiger partial charge in [0.15, 0.2) is 5.69 Å². The second kappa shape index (κ2) is 5.38. The van der Waals surface area contributed by atoms with Gasteiger partial charge in [0, 0.05) is 13.6 Å². The zero-order valence-corrected chi connectivity index (χ0v) is 10.6. The SMILES string of the molecule is CCCNc1ncc([N+](=O)[O-])c(-c2cnnn2C)n1. The highest BCUT2D eigenvalue weighted by molar-refractivity contribution is 5.66. The van der Waals surface area contributed by atoms with E-state index in [9.17, 15) is 10.1 Å². The zero-order chi connectivity index (χ0) is 13.8. The summed E-state index contributed by atoms with van der Waals surface area (Å²) in [5.74, 6) is 0.351. The third-order valence-corrected chi connectivity index (χ3v) is 2.46. The van der Waals surface area contributed by atoms with Crippen LogP contribution in [0.3, 0.4) is 0 Å². The average Bonchev–Trinajstić information content (AvgIpc) is 2.82. The molecule has 9 heteroatoms. The summed E-state index contributed by atoms with van der Waals surface area (Å²) in [6.07, 6.45) is 3.52. The van der Waals surface area contributed by atoms with Crippen LogP contribution >= 0.6 is 0 Å². The molecule has 1 N–H and O–H groups in total. The van der Waals surface area contributed by atoms with Crippen molar-refractivity contribution in [1.82, 2.24) is 25.0 Å². The van der Waals surface area contributed by atoms with Gasteiger partial charge < -0.3 is 5.32 Å². The fourth-order valence-electron chi connectivity index (χ4n) is 1.52. The molecule has 0 unspecified atom stereocenters. The molecule has 0 radical (unpaired) electrons. The van der Waals surface area contributed by atoms with Gasteiger partial charge in [0.05, 0.1) is 11.1 Å². The summed E-state index contributed by atoms with van der Waals surface area (Å²) in [7, 11) is 1.65. The molecule has 2 heterocycles. The summed E-state index contributed by atoms with van der Waals surface area (Å²) in [4.78, 5) is 18.6. The van der Waals surface area contributed by atoms with Crippen LogP contribution in [0.5, 0.6) is 0 Å². The van der Waals surface area contributed by atoms with Gasteiger partial charge in [-0.1, -0.05) is 12.1 Å². The summed E-state index contributed by atoms with van der Waals surface area (Å²) in [5, 5.41) is 21.4. The fraction of sp³-hybridized carbons (Fsp3) is 0.400. The zero-order valence-electron chi connectivity index (χ0n) is 10.6. The van der Waals surface area contributed by atoms with Crippen LogP contribution in [-0.4, -0.2) is 36.4 Å². The van der Waals surface area contributed by atoms with Gasteiger partial charge in [-0.25, -0.2) is 14.6 Å². The van der Waals surface area contributed by atoms with Crippen molar-refractivity contribution in [2.24, 2.45) is 7.05 Å². The van der Waals surface area contributed by atoms with Gasteiger partial charge in [-0.3, -0.25) is 10.1 Å². The van der Waals surface area contributed by atoms with Crippen LogP contribution in [0.25, 0.3) is 11.4 Å². The van der Waals surface area contributed by atoms with Crippen molar-refractivity contribution in [3.05, 3.63) is 22.5 Å². The van der Waals surface area contributed by atoms with Crippen molar-refractivity contribution in [3.8, 4) is 11.4 Å². The molecule has 0 aromatic carbocycles. The van der Waals surface area contributed by atoms with E-state index >= 15 is 0 Å². The predicted molar refractivity (Wildman–Crippen MR) is 67.5 cm³/mol. The summed E-state index contributed by atoms with van der Waals surface area (Å²) in [5.41, 5.74) is 0.493. The van der Waals surface area contributed by atoms with E-state index < -0.39 is 4.92 Å². The van der Waals surface area contributed by atoms with Crippen molar-refractivity contribution >= 4 is 11.6 Å². The lowest BCUT2D eigenvalue weighted by Gasteiger charge is -2.05. The number of nitrogens with one attached hydrogen (secondary N) is 1. The maximum atomic E-state index is 11.0. The first-order valence-electron chi connectivity index (χ1n) is 5.73. The summed E-state index contributed by atoms with van der Waals surface area (Å²) in [6.45, 7) is 2.70. The van der Waals surface area contributed by atoms with Gasteiger partial charge >= 0.3 is 5.69 Å². The number of nitro groups is 1. The third kappa shape index (κ3) is 2.64. The maximum absolute atomic E-state index is 11.0. The Morgan fingerprint density at radius 3 is 2.84 bits per heavy atom. The van der Waals surface area contributed by atoms with E-state index in [0.29, 0.717) is 18.2 Å². The van der Waals surface area contributed by atoms with Crippen LogP contribution in [0.15, 0.2) is 12.4 Å². The second-order valence-corrected chi connectivity index (χ2v) is 3.85. The minimum Gasteiger partial charge on any atom is -0.354 e. The average molecular weight is 263 g/mol. The van der Waals surface area contributed by atoms with Crippen LogP contribution in [0.1, 0.15) is 13.3 Å². The Hall–Kier alpha value is -2.58. The molecule has 0 spiro atoms. The Bertz CT molecular complexity index is 595. The molecule has 0 saturated heterocycles. The Morgan fingerprint density at radius 2 is 2.26 bits per heavy atom. The molecule has 0 bridgehead atoms. The lowest BCUT2D eigenvalue weighted by Crippen LogP contribution is -2.07. The molecule has 2 aromatic heterocycles. The Labute approximate surface area is 108 Å². The molecule has 19 heavy (non-hydrogen) atoms. The maximum Gasteiger partial charge on any atom is 0.315 e. The Morgan fingerprint density at radius 1 is 1.47 bits per heavy atom. The highest BCUT2D eigenvalue weighted by atomic mass is 16.6. The minimum absolute atomic E-state index is 0.174. The van der Waals surface area contributed by atoms with E-state index in [4.69, 9.17) is 0 Å². The van der Waals surface area contributed by atoms with E-state index in [2.05, 4.69) is 25.6 Å². The molecule has 0 aliphatic rings. The van der Waals surface area contributed by atoms with Gasteiger partial charge in [-0.15, -0.1) is 5.10 Å². The van der Waals surface area contributed by atoms with Gasteiger partial charge in [-0.05, 0) is 6.42 Å². The van der Waals surface area contributed by atoms with Crippen molar-refractivity contribution < 1.29 is 4.92 Å². The van der Waals surface area contributed by atoms with Crippen LogP contribution < -0.4 is 5.32 Å². The van der Waals surface area contributed by atoms with Crippen LogP contribution in [0.2, 0.25) is 0 Å². The lowest BCUT2D eigenvalue weighted by atomic mass is 10.3. The topological polar surface area (TPSA) is 112 Å². The van der Waals surface area contributed by atoms with E-state index in [1.165, 1.54) is 17.1 Å². The van der Waals surface area contributed by atoms with Crippen molar-refractivity contribution in [1.29, 1.82) is 0 Å². The third-order valence-electron chi connectivity index (χ3n) is 2.46. The predicted octanol–water partition coefficient (Wildman–Crippen LogP) is 1.00. The van der Waals surface area contributed by atoms with Gasteiger partial charge in [0.1, 0.15) is 11.9 Å². The van der Waals surface area contributed by atoms with E-state index in [-0.39, 0.29) is 11.4 Å². The second-order valence-electron chi connectivity index (χ2n) is 3.85. The monoisotopic (exact) mass is 263 g/mol. The number of aryl methyl sites for hydroxylation is 1. The smallest absolute Gasteiger partial charge is 0.315 e. The Balaban J connectivity index is 2.48. The molecule has 0 saturated carbocycles. The van der Waals surface area contributed by atoms with Crippen LogP contribution in [0, 0.1) is 10.1 Å². The summed E-state index contributed by atoms with van der Waals surface area (Å²) in [6, 6.07) is 0. The molecule has 100 valence electrons. The van der Waals surface area contributed by atoms with Crippen molar-refractivity contribution in [2.45, 2.75) is 13.3 Å². The molecule has 0 aliphatic carbocycles. The Kier molecular flexibility index (Phi) is 3.64. The van der Waals surface area contributed by atoms with Crippen LogP contribution in [-0.2, 0) is 7.05 Å². The number of hydrogen-bond acceptors (Lipinski definition) is 7. The highest BCUT2D eigenvalue weighted by Gasteiger charge is 2.21.